The first kappa shape index (κ1) is 18.7. The van der Waals surface area contributed by atoms with E-state index in [1.165, 1.54) is 12.1 Å². The van der Waals surface area contributed by atoms with Crippen LogP contribution >= 0.6 is 0 Å². The van der Waals surface area contributed by atoms with Crippen molar-refractivity contribution in [3.8, 4) is 22.6 Å². The van der Waals surface area contributed by atoms with Crippen molar-refractivity contribution >= 4 is 11.0 Å². The molecule has 0 N–H and O–H groups in total. The number of fused-ring (bicyclic) bond motifs is 1. The third-order valence-corrected chi connectivity index (χ3v) is 4.71. The van der Waals surface area contributed by atoms with Crippen molar-refractivity contribution in [3.63, 3.8) is 0 Å². The Kier molecular flexibility index (Phi) is 5.04. The third-order valence-electron chi connectivity index (χ3n) is 4.71. The van der Waals surface area contributed by atoms with Crippen LogP contribution in [-0.4, -0.2) is 7.11 Å². The molecule has 29 heavy (non-hydrogen) atoms. The Morgan fingerprint density at radius 3 is 2.45 bits per heavy atom. The van der Waals surface area contributed by atoms with Gasteiger partial charge in [-0.3, -0.25) is 4.79 Å². The zero-order valence-electron chi connectivity index (χ0n) is 16.1. The Labute approximate surface area is 167 Å². The summed E-state index contributed by atoms with van der Waals surface area (Å²) in [4.78, 5) is 13.1. The molecular weight excluding hydrogens is 371 g/mol. The number of methoxy groups -OCH3 is 1. The van der Waals surface area contributed by atoms with Crippen LogP contribution in [0.2, 0.25) is 0 Å². The van der Waals surface area contributed by atoms with E-state index in [0.29, 0.717) is 28.0 Å². The highest BCUT2D eigenvalue weighted by Crippen LogP contribution is 2.27. The normalized spacial score (nSPS) is 10.9. The van der Waals surface area contributed by atoms with Crippen LogP contribution in [0.5, 0.6) is 11.5 Å². The number of hydrogen-bond donors (Lipinski definition) is 0. The van der Waals surface area contributed by atoms with E-state index in [1.807, 2.05) is 24.3 Å². The quantitative estimate of drug-likeness (QED) is 0.452. The van der Waals surface area contributed by atoms with Crippen molar-refractivity contribution in [3.05, 3.63) is 94.1 Å². The minimum atomic E-state index is -0.308. The molecule has 0 amide bonds. The molecule has 0 aliphatic carbocycles. The maximum Gasteiger partial charge on any atom is 0.200 e. The van der Waals surface area contributed by atoms with Gasteiger partial charge in [-0.1, -0.05) is 24.3 Å². The maximum absolute atomic E-state index is 13.3. The van der Waals surface area contributed by atoms with E-state index < -0.39 is 0 Å². The molecule has 0 fully saturated rings. The molecule has 4 rings (SSSR count). The maximum atomic E-state index is 13.3. The fourth-order valence-electron chi connectivity index (χ4n) is 3.26. The van der Waals surface area contributed by atoms with Gasteiger partial charge in [-0.2, -0.15) is 0 Å². The Balaban J connectivity index is 1.66. The number of rotatable bonds is 5. The van der Waals surface area contributed by atoms with Crippen molar-refractivity contribution < 1.29 is 18.3 Å². The third kappa shape index (κ3) is 3.85. The molecule has 0 unspecified atom stereocenters. The van der Waals surface area contributed by atoms with Crippen LogP contribution < -0.4 is 14.9 Å². The Hall–Kier alpha value is -3.60. The van der Waals surface area contributed by atoms with Crippen LogP contribution in [-0.2, 0) is 6.61 Å². The van der Waals surface area contributed by atoms with Crippen molar-refractivity contribution in [1.29, 1.82) is 0 Å². The van der Waals surface area contributed by atoms with Crippen molar-refractivity contribution in [2.24, 2.45) is 0 Å². The minimum Gasteiger partial charge on any atom is -0.497 e. The monoisotopic (exact) mass is 390 g/mol. The molecule has 5 heteroatoms. The molecule has 146 valence electrons. The van der Waals surface area contributed by atoms with Crippen molar-refractivity contribution in [1.82, 2.24) is 0 Å². The van der Waals surface area contributed by atoms with E-state index in [2.05, 4.69) is 0 Å². The molecule has 1 aromatic heterocycles. The predicted octanol–water partition coefficient (Wildman–Crippen LogP) is 5.50. The first-order chi connectivity index (χ1) is 14.0. The summed E-state index contributed by atoms with van der Waals surface area (Å²) >= 11 is 0. The SMILES string of the molecule is COc1ccc(-c2c(C)oc3cc(OCc4cccc(F)c4)ccc3c2=O)cc1. The van der Waals surface area contributed by atoms with Crippen LogP contribution in [0.25, 0.3) is 22.1 Å². The van der Waals surface area contributed by atoms with E-state index in [1.54, 1.807) is 44.4 Å². The second-order valence-corrected chi connectivity index (χ2v) is 6.67. The Bertz CT molecular complexity index is 1230. The summed E-state index contributed by atoms with van der Waals surface area (Å²) in [7, 11) is 1.60. The van der Waals surface area contributed by atoms with Gasteiger partial charge in [0.1, 0.15) is 35.3 Å². The molecule has 4 nitrogen and oxygen atoms in total. The lowest BCUT2D eigenvalue weighted by Crippen LogP contribution is -2.07. The first-order valence-electron chi connectivity index (χ1n) is 9.14. The Morgan fingerprint density at radius 2 is 1.72 bits per heavy atom. The molecule has 1 heterocycles. The number of halogens is 1. The summed E-state index contributed by atoms with van der Waals surface area (Å²) in [6, 6.07) is 18.6. The highest BCUT2D eigenvalue weighted by atomic mass is 19.1. The molecule has 0 aliphatic heterocycles. The van der Waals surface area contributed by atoms with Crippen LogP contribution in [0.3, 0.4) is 0 Å². The zero-order chi connectivity index (χ0) is 20.4. The van der Waals surface area contributed by atoms with Crippen molar-refractivity contribution in [2.45, 2.75) is 13.5 Å². The number of ether oxygens (including phenoxy) is 2. The smallest absolute Gasteiger partial charge is 0.200 e. The first-order valence-corrected chi connectivity index (χ1v) is 9.14. The molecule has 0 atom stereocenters. The largest absolute Gasteiger partial charge is 0.497 e. The summed E-state index contributed by atoms with van der Waals surface area (Å²) < 4.78 is 30.1. The van der Waals surface area contributed by atoms with Gasteiger partial charge in [-0.05, 0) is 54.4 Å². The fourth-order valence-corrected chi connectivity index (χ4v) is 3.26. The van der Waals surface area contributed by atoms with E-state index in [9.17, 15) is 9.18 Å². The Morgan fingerprint density at radius 1 is 0.966 bits per heavy atom. The van der Waals surface area contributed by atoms with Gasteiger partial charge in [0, 0.05) is 6.07 Å². The molecule has 0 saturated carbocycles. The molecule has 0 spiro atoms. The van der Waals surface area contributed by atoms with Gasteiger partial charge in [0.25, 0.3) is 0 Å². The number of hydrogen-bond acceptors (Lipinski definition) is 4. The van der Waals surface area contributed by atoms with Crippen LogP contribution in [0.1, 0.15) is 11.3 Å². The van der Waals surface area contributed by atoms with Gasteiger partial charge < -0.3 is 13.9 Å². The summed E-state index contributed by atoms with van der Waals surface area (Å²) in [5.74, 6) is 1.48. The van der Waals surface area contributed by atoms with E-state index in [-0.39, 0.29) is 17.9 Å². The van der Waals surface area contributed by atoms with Gasteiger partial charge in [0.05, 0.1) is 18.1 Å². The lowest BCUT2D eigenvalue weighted by atomic mass is 10.0. The second kappa shape index (κ2) is 7.80. The molecule has 4 aromatic rings. The lowest BCUT2D eigenvalue weighted by molar-refractivity contribution is 0.305. The van der Waals surface area contributed by atoms with Gasteiger partial charge in [-0.15, -0.1) is 0 Å². The minimum absolute atomic E-state index is 0.106. The standard InChI is InChI=1S/C24H19FO4/c1-15-23(17-6-8-19(27-2)9-7-17)24(26)21-11-10-20(13-22(21)29-15)28-14-16-4-3-5-18(25)12-16/h3-13H,14H2,1-2H3. The molecule has 0 aliphatic rings. The molecule has 0 bridgehead atoms. The highest BCUT2D eigenvalue weighted by Gasteiger charge is 2.14. The summed E-state index contributed by atoms with van der Waals surface area (Å²) in [6.07, 6.45) is 0. The summed E-state index contributed by atoms with van der Waals surface area (Å²) in [6.45, 7) is 1.98. The van der Waals surface area contributed by atoms with Gasteiger partial charge in [-0.25, -0.2) is 4.39 Å². The lowest BCUT2D eigenvalue weighted by Gasteiger charge is -2.10. The predicted molar refractivity (Wildman–Crippen MR) is 110 cm³/mol. The summed E-state index contributed by atoms with van der Waals surface area (Å²) in [5, 5.41) is 0.472. The van der Waals surface area contributed by atoms with Gasteiger partial charge in [0.2, 0.25) is 5.43 Å². The fraction of sp³-hybridized carbons (Fsp3) is 0.125. The zero-order valence-corrected chi connectivity index (χ0v) is 16.1. The molecule has 3 aromatic carbocycles. The average molecular weight is 390 g/mol. The van der Waals surface area contributed by atoms with Crippen molar-refractivity contribution in [2.75, 3.05) is 7.11 Å². The number of benzene rings is 3. The van der Waals surface area contributed by atoms with Gasteiger partial charge in [0.15, 0.2) is 0 Å². The molecule has 0 radical (unpaired) electrons. The van der Waals surface area contributed by atoms with E-state index in [0.717, 1.165) is 16.9 Å². The highest BCUT2D eigenvalue weighted by molar-refractivity contribution is 5.83. The van der Waals surface area contributed by atoms with Crippen LogP contribution in [0.4, 0.5) is 4.39 Å². The summed E-state index contributed by atoms with van der Waals surface area (Å²) in [5.41, 5.74) is 2.35. The van der Waals surface area contributed by atoms with Crippen LogP contribution in [0.15, 0.2) is 75.9 Å². The number of aryl methyl sites for hydroxylation is 1. The average Bonchev–Trinajstić information content (AvgIpc) is 2.72. The van der Waals surface area contributed by atoms with E-state index >= 15 is 0 Å². The second-order valence-electron chi connectivity index (χ2n) is 6.67. The van der Waals surface area contributed by atoms with Crippen LogP contribution in [0, 0.1) is 12.7 Å². The molecule has 0 saturated heterocycles. The van der Waals surface area contributed by atoms with Gasteiger partial charge >= 0.3 is 0 Å². The topological polar surface area (TPSA) is 48.7 Å². The molecular formula is C24H19FO4. The van der Waals surface area contributed by atoms with E-state index in [4.69, 9.17) is 13.9 Å².